The number of ether oxygens (including phenoxy) is 2. The zero-order chi connectivity index (χ0) is 15.7. The van der Waals surface area contributed by atoms with Crippen LogP contribution >= 0.6 is 0 Å². The van der Waals surface area contributed by atoms with Gasteiger partial charge in [0.15, 0.2) is 0 Å². The van der Waals surface area contributed by atoms with Crippen LogP contribution in [0, 0.1) is 0 Å². The Kier molecular flexibility index (Phi) is 7.54. The number of aliphatic hydroxyl groups is 1. The molecule has 0 radical (unpaired) electrons. The van der Waals surface area contributed by atoms with Crippen LogP contribution in [0.2, 0.25) is 0 Å². The first-order chi connectivity index (χ1) is 10.1. The minimum atomic E-state index is -0.528. The third-order valence-electron chi connectivity index (χ3n) is 4.23. The van der Waals surface area contributed by atoms with E-state index in [1.165, 1.54) is 0 Å². The molecule has 21 heavy (non-hydrogen) atoms. The van der Waals surface area contributed by atoms with Crippen LogP contribution in [0.3, 0.4) is 0 Å². The van der Waals surface area contributed by atoms with Gasteiger partial charge in [-0.3, -0.25) is 0 Å². The Morgan fingerprint density at radius 2 is 1.76 bits per heavy atom. The SMILES string of the molecule is CCC(CC)(CC)NCC(O)COc1cccc(OC)c1. The standard InChI is InChI=1S/C17H29NO3/c1-5-17(6-2,7-3)18-12-14(19)13-21-16-10-8-9-15(11-16)20-4/h8-11,14,18-19H,5-7,12-13H2,1-4H3. The maximum absolute atomic E-state index is 10.1. The van der Waals surface area contributed by atoms with Gasteiger partial charge in [-0.1, -0.05) is 26.8 Å². The van der Waals surface area contributed by atoms with Crippen LogP contribution in [0.15, 0.2) is 24.3 Å². The summed E-state index contributed by atoms with van der Waals surface area (Å²) in [5.74, 6) is 1.46. The lowest BCUT2D eigenvalue weighted by molar-refractivity contribution is 0.0941. The van der Waals surface area contributed by atoms with Crippen LogP contribution in [-0.2, 0) is 0 Å². The summed E-state index contributed by atoms with van der Waals surface area (Å²) < 4.78 is 10.7. The summed E-state index contributed by atoms with van der Waals surface area (Å²) in [7, 11) is 1.62. The monoisotopic (exact) mass is 295 g/mol. The predicted octanol–water partition coefficient (Wildman–Crippen LogP) is 2.99. The molecular weight excluding hydrogens is 266 g/mol. The molecule has 1 rings (SSSR count). The molecule has 4 nitrogen and oxygen atoms in total. The number of methoxy groups -OCH3 is 1. The van der Waals surface area contributed by atoms with E-state index in [1.807, 2.05) is 24.3 Å². The minimum absolute atomic E-state index is 0.122. The van der Waals surface area contributed by atoms with Crippen molar-refractivity contribution in [3.8, 4) is 11.5 Å². The van der Waals surface area contributed by atoms with Gasteiger partial charge in [-0.15, -0.1) is 0 Å². The van der Waals surface area contributed by atoms with E-state index in [0.717, 1.165) is 25.0 Å². The molecule has 0 fully saturated rings. The lowest BCUT2D eigenvalue weighted by Gasteiger charge is -2.33. The summed E-state index contributed by atoms with van der Waals surface area (Å²) in [4.78, 5) is 0. The van der Waals surface area contributed by atoms with E-state index in [1.54, 1.807) is 7.11 Å². The molecular formula is C17H29NO3. The normalized spacial score (nSPS) is 13.0. The smallest absolute Gasteiger partial charge is 0.123 e. The van der Waals surface area contributed by atoms with Crippen molar-refractivity contribution in [1.82, 2.24) is 5.32 Å². The lowest BCUT2D eigenvalue weighted by Crippen LogP contribution is -2.47. The summed E-state index contributed by atoms with van der Waals surface area (Å²) in [5.41, 5.74) is 0.122. The van der Waals surface area contributed by atoms with Crippen molar-refractivity contribution in [3.05, 3.63) is 24.3 Å². The molecule has 120 valence electrons. The quantitative estimate of drug-likeness (QED) is 0.697. The van der Waals surface area contributed by atoms with Gasteiger partial charge < -0.3 is 19.9 Å². The Bertz CT molecular complexity index is 397. The second-order valence-corrected chi connectivity index (χ2v) is 5.37. The second kappa shape index (κ2) is 8.90. The Balaban J connectivity index is 2.41. The van der Waals surface area contributed by atoms with E-state index in [4.69, 9.17) is 9.47 Å². The maximum Gasteiger partial charge on any atom is 0.123 e. The Hall–Kier alpha value is -1.26. The van der Waals surface area contributed by atoms with Gasteiger partial charge in [-0.2, -0.15) is 0 Å². The van der Waals surface area contributed by atoms with Crippen molar-refractivity contribution in [2.75, 3.05) is 20.3 Å². The van der Waals surface area contributed by atoms with Crippen molar-refractivity contribution >= 4 is 0 Å². The first-order valence-corrected chi connectivity index (χ1v) is 7.79. The van der Waals surface area contributed by atoms with Crippen molar-refractivity contribution < 1.29 is 14.6 Å². The van der Waals surface area contributed by atoms with Crippen molar-refractivity contribution in [3.63, 3.8) is 0 Å². The zero-order valence-corrected chi connectivity index (χ0v) is 13.7. The van der Waals surface area contributed by atoms with E-state index in [2.05, 4.69) is 26.1 Å². The van der Waals surface area contributed by atoms with Crippen molar-refractivity contribution in [1.29, 1.82) is 0 Å². The highest BCUT2D eigenvalue weighted by molar-refractivity contribution is 5.32. The molecule has 0 saturated heterocycles. The fourth-order valence-corrected chi connectivity index (χ4v) is 2.40. The molecule has 0 aliphatic heterocycles. The van der Waals surface area contributed by atoms with E-state index >= 15 is 0 Å². The zero-order valence-electron chi connectivity index (χ0n) is 13.7. The second-order valence-electron chi connectivity index (χ2n) is 5.37. The Labute approximate surface area is 128 Å². The third-order valence-corrected chi connectivity index (χ3v) is 4.23. The number of nitrogens with one attached hydrogen (secondary N) is 1. The molecule has 0 amide bonds. The number of rotatable bonds is 10. The van der Waals surface area contributed by atoms with Gasteiger partial charge in [-0.05, 0) is 31.4 Å². The number of β-amino-alcohol motifs (C(OH)–C–C–N with tert-alkyl or cyclic N) is 1. The topological polar surface area (TPSA) is 50.7 Å². The van der Waals surface area contributed by atoms with Gasteiger partial charge in [0.05, 0.1) is 7.11 Å². The van der Waals surface area contributed by atoms with Gasteiger partial charge in [0.25, 0.3) is 0 Å². The maximum atomic E-state index is 10.1. The fourth-order valence-electron chi connectivity index (χ4n) is 2.40. The van der Waals surface area contributed by atoms with Crippen LogP contribution in [0.4, 0.5) is 0 Å². The van der Waals surface area contributed by atoms with Crippen LogP contribution < -0.4 is 14.8 Å². The summed E-state index contributed by atoms with van der Waals surface area (Å²) >= 11 is 0. The number of benzene rings is 1. The summed E-state index contributed by atoms with van der Waals surface area (Å²) in [5, 5.41) is 13.6. The minimum Gasteiger partial charge on any atom is -0.497 e. The van der Waals surface area contributed by atoms with Gasteiger partial charge in [0.1, 0.15) is 24.2 Å². The lowest BCUT2D eigenvalue weighted by atomic mass is 9.90. The largest absolute Gasteiger partial charge is 0.497 e. The summed E-state index contributed by atoms with van der Waals surface area (Å²) in [6, 6.07) is 7.41. The molecule has 4 heteroatoms. The molecule has 0 aliphatic rings. The number of aliphatic hydroxyl groups excluding tert-OH is 1. The number of hydrogen-bond donors (Lipinski definition) is 2. The molecule has 1 aromatic carbocycles. The Morgan fingerprint density at radius 3 is 2.33 bits per heavy atom. The molecule has 0 aromatic heterocycles. The third kappa shape index (κ3) is 5.56. The molecule has 0 spiro atoms. The molecule has 2 N–H and O–H groups in total. The fraction of sp³-hybridized carbons (Fsp3) is 0.647. The average molecular weight is 295 g/mol. The van der Waals surface area contributed by atoms with Crippen LogP contribution in [-0.4, -0.2) is 37.0 Å². The molecule has 0 bridgehead atoms. The van der Waals surface area contributed by atoms with Crippen molar-refractivity contribution in [2.45, 2.75) is 51.7 Å². The molecule has 0 saturated carbocycles. The Morgan fingerprint density at radius 1 is 1.14 bits per heavy atom. The van der Waals surface area contributed by atoms with Gasteiger partial charge in [-0.25, -0.2) is 0 Å². The van der Waals surface area contributed by atoms with E-state index in [-0.39, 0.29) is 12.1 Å². The molecule has 1 unspecified atom stereocenters. The number of hydrogen-bond acceptors (Lipinski definition) is 4. The van der Waals surface area contributed by atoms with Gasteiger partial charge in [0.2, 0.25) is 0 Å². The van der Waals surface area contributed by atoms with E-state index in [0.29, 0.717) is 12.3 Å². The van der Waals surface area contributed by atoms with Crippen LogP contribution in [0.1, 0.15) is 40.0 Å². The van der Waals surface area contributed by atoms with E-state index < -0.39 is 6.10 Å². The van der Waals surface area contributed by atoms with Crippen molar-refractivity contribution in [2.24, 2.45) is 0 Å². The highest BCUT2D eigenvalue weighted by Crippen LogP contribution is 2.20. The highest BCUT2D eigenvalue weighted by atomic mass is 16.5. The van der Waals surface area contributed by atoms with E-state index in [9.17, 15) is 5.11 Å². The average Bonchev–Trinajstić information content (AvgIpc) is 2.55. The van der Waals surface area contributed by atoms with Gasteiger partial charge in [0, 0.05) is 18.2 Å². The molecule has 1 aromatic rings. The summed E-state index contributed by atoms with van der Waals surface area (Å²) in [6.07, 6.45) is 2.65. The molecule has 1 atom stereocenters. The summed E-state index contributed by atoms with van der Waals surface area (Å²) in [6.45, 7) is 7.35. The highest BCUT2D eigenvalue weighted by Gasteiger charge is 2.23. The van der Waals surface area contributed by atoms with Gasteiger partial charge >= 0.3 is 0 Å². The predicted molar refractivity (Wildman–Crippen MR) is 86.1 cm³/mol. The molecule has 0 heterocycles. The van der Waals surface area contributed by atoms with Crippen LogP contribution in [0.25, 0.3) is 0 Å². The first kappa shape index (κ1) is 17.8. The molecule has 0 aliphatic carbocycles. The first-order valence-electron chi connectivity index (χ1n) is 7.79. The van der Waals surface area contributed by atoms with Crippen LogP contribution in [0.5, 0.6) is 11.5 Å².